The lowest BCUT2D eigenvalue weighted by Gasteiger charge is -2.04. The van der Waals surface area contributed by atoms with E-state index in [-0.39, 0.29) is 6.54 Å². The molecule has 0 bridgehead atoms. The van der Waals surface area contributed by atoms with Crippen LogP contribution in [-0.4, -0.2) is 31.7 Å². The van der Waals surface area contributed by atoms with Crippen LogP contribution in [-0.2, 0) is 9.59 Å². The van der Waals surface area contributed by atoms with Crippen molar-refractivity contribution in [2.75, 3.05) is 13.7 Å². The molecule has 0 aliphatic rings. The van der Waals surface area contributed by atoms with Crippen molar-refractivity contribution in [3.8, 4) is 5.75 Å². The van der Waals surface area contributed by atoms with Crippen molar-refractivity contribution >= 4 is 35.7 Å². The zero-order chi connectivity index (χ0) is 18.8. The number of halogens is 1. The summed E-state index contributed by atoms with van der Waals surface area (Å²) >= 11 is 5.85. The lowest BCUT2D eigenvalue weighted by molar-refractivity contribution is -0.123. The Bertz CT molecular complexity index is 834. The zero-order valence-corrected chi connectivity index (χ0v) is 14.9. The molecule has 26 heavy (non-hydrogen) atoms. The first kappa shape index (κ1) is 19.2. The number of ether oxygens (including phenoxy) is 1. The molecule has 0 unspecified atom stereocenters. The Kier molecular flexibility index (Phi) is 7.39. The molecule has 0 aromatic heterocycles. The summed E-state index contributed by atoms with van der Waals surface area (Å²) in [5, 5.41) is 6.86. The number of hydrogen-bond acceptors (Lipinski definition) is 4. The van der Waals surface area contributed by atoms with Crippen LogP contribution in [0.1, 0.15) is 11.1 Å². The van der Waals surface area contributed by atoms with Gasteiger partial charge in [0.05, 0.1) is 19.9 Å². The Balaban J connectivity index is 1.78. The van der Waals surface area contributed by atoms with Gasteiger partial charge in [-0.25, -0.2) is 5.43 Å². The highest BCUT2D eigenvalue weighted by Crippen LogP contribution is 2.18. The fourth-order valence-corrected chi connectivity index (χ4v) is 2.20. The largest absolute Gasteiger partial charge is 0.496 e. The van der Waals surface area contributed by atoms with E-state index in [1.165, 1.54) is 12.3 Å². The second kappa shape index (κ2) is 10.0. The van der Waals surface area contributed by atoms with Crippen LogP contribution in [0.25, 0.3) is 6.08 Å². The maximum absolute atomic E-state index is 11.8. The molecule has 0 radical (unpaired) electrons. The zero-order valence-electron chi connectivity index (χ0n) is 14.1. The second-order valence-corrected chi connectivity index (χ2v) is 5.58. The van der Waals surface area contributed by atoms with Crippen molar-refractivity contribution in [1.82, 2.24) is 10.7 Å². The fourth-order valence-electron chi connectivity index (χ4n) is 2.00. The minimum absolute atomic E-state index is 0.192. The topological polar surface area (TPSA) is 79.8 Å². The number of para-hydroxylation sites is 1. The average molecular weight is 372 g/mol. The molecule has 0 heterocycles. The van der Waals surface area contributed by atoms with Crippen molar-refractivity contribution in [2.45, 2.75) is 0 Å². The highest BCUT2D eigenvalue weighted by Gasteiger charge is 2.03. The molecule has 0 saturated heterocycles. The molecule has 134 valence electrons. The van der Waals surface area contributed by atoms with E-state index in [1.54, 1.807) is 43.5 Å². The first-order valence-corrected chi connectivity index (χ1v) is 8.12. The van der Waals surface area contributed by atoms with Crippen molar-refractivity contribution in [1.29, 1.82) is 0 Å². The first-order valence-electron chi connectivity index (χ1n) is 7.75. The molecule has 2 rings (SSSR count). The van der Waals surface area contributed by atoms with Gasteiger partial charge in [0.15, 0.2) is 0 Å². The minimum Gasteiger partial charge on any atom is -0.496 e. The summed E-state index contributed by atoms with van der Waals surface area (Å²) in [6, 6.07) is 14.3. The van der Waals surface area contributed by atoms with Gasteiger partial charge in [-0.15, -0.1) is 0 Å². The molecule has 2 aromatic rings. The third-order valence-electron chi connectivity index (χ3n) is 3.23. The van der Waals surface area contributed by atoms with E-state index in [2.05, 4.69) is 15.8 Å². The summed E-state index contributed by atoms with van der Waals surface area (Å²) in [5.74, 6) is -0.183. The molecule has 7 heteroatoms. The molecule has 0 atom stereocenters. The SMILES string of the molecule is COc1ccccc1/C=C/C(=O)NCC(=O)N/N=C/c1cccc(Cl)c1. The van der Waals surface area contributed by atoms with E-state index in [0.717, 1.165) is 11.1 Å². The van der Waals surface area contributed by atoms with Crippen molar-refractivity contribution in [2.24, 2.45) is 5.10 Å². The molecular weight excluding hydrogens is 354 g/mol. The molecule has 0 fully saturated rings. The number of rotatable bonds is 7. The maximum Gasteiger partial charge on any atom is 0.259 e. The summed E-state index contributed by atoms with van der Waals surface area (Å²) in [6.07, 6.45) is 4.41. The van der Waals surface area contributed by atoms with Crippen LogP contribution in [0, 0.1) is 0 Å². The van der Waals surface area contributed by atoms with Gasteiger partial charge in [-0.3, -0.25) is 9.59 Å². The van der Waals surface area contributed by atoms with Gasteiger partial charge < -0.3 is 10.1 Å². The number of nitrogens with zero attached hydrogens (tertiary/aromatic N) is 1. The highest BCUT2D eigenvalue weighted by atomic mass is 35.5. The third kappa shape index (κ3) is 6.41. The summed E-state index contributed by atoms with van der Waals surface area (Å²) in [6.45, 7) is -0.192. The van der Waals surface area contributed by atoms with Gasteiger partial charge in [0.25, 0.3) is 5.91 Å². The number of carbonyl (C=O) groups excluding carboxylic acids is 2. The van der Waals surface area contributed by atoms with Crippen LogP contribution in [0.2, 0.25) is 5.02 Å². The van der Waals surface area contributed by atoms with Crippen LogP contribution in [0.4, 0.5) is 0 Å². The molecule has 0 aliphatic heterocycles. The van der Waals surface area contributed by atoms with E-state index >= 15 is 0 Å². The minimum atomic E-state index is -0.442. The number of amides is 2. The molecule has 6 nitrogen and oxygen atoms in total. The van der Waals surface area contributed by atoms with Crippen molar-refractivity contribution in [3.63, 3.8) is 0 Å². The van der Waals surface area contributed by atoms with E-state index < -0.39 is 11.8 Å². The van der Waals surface area contributed by atoms with Crippen LogP contribution < -0.4 is 15.5 Å². The van der Waals surface area contributed by atoms with Crippen LogP contribution >= 0.6 is 11.6 Å². The van der Waals surface area contributed by atoms with Crippen molar-refractivity contribution < 1.29 is 14.3 Å². The smallest absolute Gasteiger partial charge is 0.259 e. The maximum atomic E-state index is 11.8. The van der Waals surface area contributed by atoms with Gasteiger partial charge in [-0.2, -0.15) is 5.10 Å². The molecule has 2 amide bonds. The van der Waals surface area contributed by atoms with Crippen molar-refractivity contribution in [3.05, 3.63) is 70.8 Å². The predicted octanol–water partition coefficient (Wildman–Crippen LogP) is 2.63. The predicted molar refractivity (Wildman–Crippen MR) is 102 cm³/mol. The Morgan fingerprint density at radius 3 is 2.77 bits per heavy atom. The van der Waals surface area contributed by atoms with Gasteiger partial charge >= 0.3 is 0 Å². The lowest BCUT2D eigenvalue weighted by atomic mass is 10.2. The molecule has 0 spiro atoms. The molecule has 2 N–H and O–H groups in total. The molecule has 0 saturated carbocycles. The summed E-state index contributed by atoms with van der Waals surface area (Å²) in [4.78, 5) is 23.5. The van der Waals surface area contributed by atoms with Gasteiger partial charge in [-0.05, 0) is 29.8 Å². The van der Waals surface area contributed by atoms with Crippen LogP contribution in [0.3, 0.4) is 0 Å². The van der Waals surface area contributed by atoms with E-state index in [9.17, 15) is 9.59 Å². The Hall–Kier alpha value is -3.12. The Morgan fingerprint density at radius 2 is 2.00 bits per heavy atom. The Morgan fingerprint density at radius 1 is 1.19 bits per heavy atom. The second-order valence-electron chi connectivity index (χ2n) is 5.14. The molecule has 2 aromatic carbocycles. The van der Waals surface area contributed by atoms with Crippen LogP contribution in [0.15, 0.2) is 59.7 Å². The standard InChI is InChI=1S/C19H18ClN3O3/c1-26-17-8-3-2-6-15(17)9-10-18(24)21-13-19(25)23-22-12-14-5-4-7-16(20)11-14/h2-12H,13H2,1H3,(H,21,24)(H,23,25)/b10-9+,22-12+. The molecular formula is C19H18ClN3O3. The average Bonchev–Trinajstić information content (AvgIpc) is 2.65. The third-order valence-corrected chi connectivity index (χ3v) is 3.46. The lowest BCUT2D eigenvalue weighted by Crippen LogP contribution is -2.34. The number of carbonyl (C=O) groups is 2. The highest BCUT2D eigenvalue weighted by molar-refractivity contribution is 6.30. The first-order chi connectivity index (χ1) is 12.6. The monoisotopic (exact) mass is 371 g/mol. The van der Waals surface area contributed by atoms with E-state index in [1.807, 2.05) is 18.2 Å². The van der Waals surface area contributed by atoms with Gasteiger partial charge in [-0.1, -0.05) is 41.9 Å². The number of nitrogens with one attached hydrogen (secondary N) is 2. The van der Waals surface area contributed by atoms with E-state index in [4.69, 9.17) is 16.3 Å². The van der Waals surface area contributed by atoms with E-state index in [0.29, 0.717) is 10.8 Å². The van der Waals surface area contributed by atoms with Crippen LogP contribution in [0.5, 0.6) is 5.75 Å². The van der Waals surface area contributed by atoms with Gasteiger partial charge in [0.2, 0.25) is 5.91 Å². The van der Waals surface area contributed by atoms with Gasteiger partial charge in [0, 0.05) is 16.7 Å². The number of benzene rings is 2. The Labute approximate surface area is 156 Å². The fraction of sp³-hybridized carbons (Fsp3) is 0.105. The number of methoxy groups -OCH3 is 1. The van der Waals surface area contributed by atoms with Gasteiger partial charge in [0.1, 0.15) is 5.75 Å². The number of hydrazone groups is 1. The quantitative estimate of drug-likeness (QED) is 0.446. The number of hydrogen-bond donors (Lipinski definition) is 2. The summed E-state index contributed by atoms with van der Waals surface area (Å²) in [7, 11) is 1.56. The molecule has 0 aliphatic carbocycles. The summed E-state index contributed by atoms with van der Waals surface area (Å²) < 4.78 is 5.19. The normalized spacial score (nSPS) is 10.8. The summed E-state index contributed by atoms with van der Waals surface area (Å²) in [5.41, 5.74) is 3.84.